The van der Waals surface area contributed by atoms with Gasteiger partial charge in [-0.3, -0.25) is 9.59 Å². The number of hydrogen-bond donors (Lipinski definition) is 3. The summed E-state index contributed by atoms with van der Waals surface area (Å²) in [5.41, 5.74) is 0. The first-order valence-corrected chi connectivity index (χ1v) is 29.2. The number of carbonyl (C=O) groups is 2. The lowest BCUT2D eigenvalue weighted by Gasteiger charge is -2.22. The Labute approximate surface area is 411 Å². The van der Waals surface area contributed by atoms with Gasteiger partial charge >= 0.3 is 5.97 Å². The summed E-state index contributed by atoms with van der Waals surface area (Å²) in [5.74, 6) is -0.0795. The zero-order chi connectivity index (χ0) is 47.9. The molecule has 0 aromatic rings. The van der Waals surface area contributed by atoms with Crippen molar-refractivity contribution in [3.8, 4) is 0 Å². The van der Waals surface area contributed by atoms with Gasteiger partial charge in [0.15, 0.2) is 0 Å². The third-order valence-electron chi connectivity index (χ3n) is 13.4. The second-order valence-electron chi connectivity index (χ2n) is 20.0. The van der Waals surface area contributed by atoms with Gasteiger partial charge in [0.1, 0.15) is 0 Å². The highest BCUT2D eigenvalue weighted by molar-refractivity contribution is 5.76. The number of carbonyl (C=O) groups excluding carboxylic acids is 2. The Balaban J connectivity index is 3.44. The highest BCUT2D eigenvalue weighted by Gasteiger charge is 2.20. The van der Waals surface area contributed by atoms with Gasteiger partial charge in [-0.2, -0.15) is 0 Å². The summed E-state index contributed by atoms with van der Waals surface area (Å²) in [6, 6.07) is -0.544. The minimum absolute atomic E-state index is 0.0387. The topological polar surface area (TPSA) is 95.9 Å². The Morgan fingerprint density at radius 3 is 1.17 bits per heavy atom. The van der Waals surface area contributed by atoms with Crippen LogP contribution in [0.1, 0.15) is 309 Å². The number of amides is 1. The molecule has 0 saturated carbocycles. The van der Waals surface area contributed by atoms with Gasteiger partial charge in [0.25, 0.3) is 0 Å². The average Bonchev–Trinajstić information content (AvgIpc) is 3.32. The molecular formula is C60H113NO5. The maximum atomic E-state index is 12.4. The van der Waals surface area contributed by atoms with Crippen molar-refractivity contribution in [2.75, 3.05) is 13.2 Å². The number of aliphatic hydroxyl groups excluding tert-OH is 2. The van der Waals surface area contributed by atoms with Gasteiger partial charge in [0.05, 0.1) is 25.4 Å². The Hall–Kier alpha value is -1.92. The number of ether oxygens (including phenoxy) is 1. The van der Waals surface area contributed by atoms with Gasteiger partial charge in [0.2, 0.25) is 5.91 Å². The molecule has 1 amide bonds. The largest absolute Gasteiger partial charge is 0.465 e. The monoisotopic (exact) mass is 928 g/mol. The van der Waals surface area contributed by atoms with Crippen LogP contribution in [-0.2, 0) is 14.3 Å². The first-order chi connectivity index (χ1) is 32.5. The summed E-state index contributed by atoms with van der Waals surface area (Å²) in [5, 5.41) is 23.2. The van der Waals surface area contributed by atoms with Crippen LogP contribution >= 0.6 is 0 Å². The molecule has 388 valence electrons. The van der Waals surface area contributed by atoms with Crippen molar-refractivity contribution in [1.29, 1.82) is 0 Å². The zero-order valence-electron chi connectivity index (χ0n) is 44.2. The predicted octanol–water partition coefficient (Wildman–Crippen LogP) is 18.0. The normalized spacial score (nSPS) is 12.8. The van der Waals surface area contributed by atoms with Gasteiger partial charge in [-0.1, -0.05) is 262 Å². The minimum atomic E-state index is -0.666. The first-order valence-electron chi connectivity index (χ1n) is 29.2. The Kier molecular flexibility index (Phi) is 54.1. The van der Waals surface area contributed by atoms with Crippen LogP contribution in [0.15, 0.2) is 36.5 Å². The zero-order valence-corrected chi connectivity index (χ0v) is 44.2. The molecule has 0 saturated heterocycles. The van der Waals surface area contributed by atoms with E-state index in [1.807, 2.05) is 0 Å². The van der Waals surface area contributed by atoms with Crippen molar-refractivity contribution in [2.45, 2.75) is 321 Å². The second kappa shape index (κ2) is 55.7. The average molecular weight is 929 g/mol. The maximum Gasteiger partial charge on any atom is 0.305 e. The summed E-state index contributed by atoms with van der Waals surface area (Å²) in [7, 11) is 0. The molecule has 6 nitrogen and oxygen atoms in total. The van der Waals surface area contributed by atoms with E-state index in [4.69, 9.17) is 4.74 Å². The predicted molar refractivity (Wildman–Crippen MR) is 287 cm³/mol. The Bertz CT molecular complexity index is 1070. The molecule has 0 aromatic heterocycles. The van der Waals surface area contributed by atoms with E-state index in [9.17, 15) is 19.8 Å². The number of hydrogen-bond acceptors (Lipinski definition) is 5. The standard InChI is InChI=1S/C60H113NO5/c1-3-5-7-9-11-13-15-16-17-23-27-30-34-38-42-46-50-54-60(65)66-55-51-47-43-39-35-31-28-25-22-20-18-19-21-24-26-29-33-37-41-45-49-53-59(64)61-57(56-62)58(63)52-48-44-40-36-32-14-12-10-8-6-4-2/h16-17,31,35,43,47,57-58,62-63H,3-15,18-30,32-34,36-42,44-46,48-56H2,1-2H3,(H,61,64)/b17-16-,35-31-,47-43-. The maximum absolute atomic E-state index is 12.4. The third kappa shape index (κ3) is 51.5. The number of rotatable bonds is 54. The van der Waals surface area contributed by atoms with Crippen LogP contribution in [-0.4, -0.2) is 47.4 Å². The molecule has 3 N–H and O–H groups in total. The number of allylic oxidation sites excluding steroid dienone is 5. The molecule has 0 radical (unpaired) electrons. The summed E-state index contributed by atoms with van der Waals surface area (Å²) in [6.45, 7) is 4.83. The Morgan fingerprint density at radius 2 is 0.758 bits per heavy atom. The highest BCUT2D eigenvalue weighted by atomic mass is 16.5. The molecule has 0 bridgehead atoms. The molecule has 0 spiro atoms. The smallest absolute Gasteiger partial charge is 0.305 e. The van der Waals surface area contributed by atoms with Crippen LogP contribution in [0.5, 0.6) is 0 Å². The molecule has 0 aliphatic heterocycles. The SMILES string of the molecule is CCCCCCCC/C=C\CCCCCCCCCC(=O)OCC/C=C\C/C=C\CCCCCCCCCCCCCCCCC(=O)NC(CO)C(O)CCCCCCCCCCCCC. The summed E-state index contributed by atoms with van der Waals surface area (Å²) >= 11 is 0. The number of unbranched alkanes of at least 4 members (excludes halogenated alkanes) is 37. The molecule has 6 heteroatoms. The van der Waals surface area contributed by atoms with Crippen molar-refractivity contribution >= 4 is 11.9 Å². The van der Waals surface area contributed by atoms with Crippen molar-refractivity contribution in [2.24, 2.45) is 0 Å². The van der Waals surface area contributed by atoms with Crippen molar-refractivity contribution < 1.29 is 24.5 Å². The van der Waals surface area contributed by atoms with E-state index in [1.165, 1.54) is 225 Å². The van der Waals surface area contributed by atoms with Crippen molar-refractivity contribution in [3.63, 3.8) is 0 Å². The molecule has 0 aliphatic rings. The summed E-state index contributed by atoms with van der Waals surface area (Å²) in [6.07, 6.45) is 68.7. The lowest BCUT2D eigenvalue weighted by molar-refractivity contribution is -0.143. The first kappa shape index (κ1) is 64.1. The van der Waals surface area contributed by atoms with Crippen molar-refractivity contribution in [3.05, 3.63) is 36.5 Å². The van der Waals surface area contributed by atoms with Gasteiger partial charge in [-0.05, 0) is 70.6 Å². The fourth-order valence-electron chi connectivity index (χ4n) is 8.94. The summed E-state index contributed by atoms with van der Waals surface area (Å²) < 4.78 is 5.42. The lowest BCUT2D eigenvalue weighted by atomic mass is 10.0. The van der Waals surface area contributed by atoms with Crippen LogP contribution in [0.3, 0.4) is 0 Å². The second-order valence-corrected chi connectivity index (χ2v) is 20.0. The van der Waals surface area contributed by atoms with E-state index in [-0.39, 0.29) is 18.5 Å². The highest BCUT2D eigenvalue weighted by Crippen LogP contribution is 2.17. The van der Waals surface area contributed by atoms with E-state index in [2.05, 4.69) is 55.6 Å². The van der Waals surface area contributed by atoms with Crippen LogP contribution in [0.25, 0.3) is 0 Å². The van der Waals surface area contributed by atoms with E-state index in [0.29, 0.717) is 25.9 Å². The Morgan fingerprint density at radius 1 is 0.424 bits per heavy atom. The number of nitrogens with one attached hydrogen (secondary N) is 1. The van der Waals surface area contributed by atoms with E-state index in [1.54, 1.807) is 0 Å². The van der Waals surface area contributed by atoms with Gasteiger partial charge < -0.3 is 20.3 Å². The molecule has 0 fully saturated rings. The van der Waals surface area contributed by atoms with Gasteiger partial charge in [-0.25, -0.2) is 0 Å². The van der Waals surface area contributed by atoms with Crippen molar-refractivity contribution in [1.82, 2.24) is 5.32 Å². The van der Waals surface area contributed by atoms with Crippen LogP contribution in [0, 0.1) is 0 Å². The number of esters is 1. The molecule has 0 aliphatic carbocycles. The van der Waals surface area contributed by atoms with Gasteiger partial charge in [-0.15, -0.1) is 0 Å². The number of aliphatic hydroxyl groups is 2. The fourth-order valence-corrected chi connectivity index (χ4v) is 8.94. The lowest BCUT2D eigenvalue weighted by Crippen LogP contribution is -2.45. The quantitative estimate of drug-likeness (QED) is 0.0321. The molecule has 2 atom stereocenters. The minimum Gasteiger partial charge on any atom is -0.465 e. The molecule has 2 unspecified atom stereocenters. The molecule has 0 rings (SSSR count). The van der Waals surface area contributed by atoms with Crippen LogP contribution in [0.2, 0.25) is 0 Å². The third-order valence-corrected chi connectivity index (χ3v) is 13.4. The molecule has 0 heterocycles. The molecule has 66 heavy (non-hydrogen) atoms. The summed E-state index contributed by atoms with van der Waals surface area (Å²) in [4.78, 5) is 24.5. The van der Waals surface area contributed by atoms with Gasteiger partial charge in [0, 0.05) is 12.8 Å². The van der Waals surface area contributed by atoms with Crippen LogP contribution < -0.4 is 5.32 Å². The van der Waals surface area contributed by atoms with E-state index in [0.717, 1.165) is 51.4 Å². The van der Waals surface area contributed by atoms with E-state index >= 15 is 0 Å². The molecular weight excluding hydrogens is 815 g/mol. The van der Waals surface area contributed by atoms with E-state index < -0.39 is 12.1 Å². The van der Waals surface area contributed by atoms with Crippen LogP contribution in [0.4, 0.5) is 0 Å². The molecule has 0 aromatic carbocycles. The fraction of sp³-hybridized carbons (Fsp3) is 0.867.